The second-order valence-electron chi connectivity index (χ2n) is 8.47. The van der Waals surface area contributed by atoms with Crippen LogP contribution in [0, 0.1) is 17.1 Å². The molecular formula is C23H23FN6O3. The number of hydrogen-bond donors (Lipinski definition) is 0. The van der Waals surface area contributed by atoms with E-state index >= 15 is 0 Å². The van der Waals surface area contributed by atoms with Gasteiger partial charge in [0.25, 0.3) is 11.4 Å². The van der Waals surface area contributed by atoms with Crippen LogP contribution in [0.3, 0.4) is 0 Å². The highest BCUT2D eigenvalue weighted by atomic mass is 19.1. The summed E-state index contributed by atoms with van der Waals surface area (Å²) in [4.78, 5) is 22.7. The van der Waals surface area contributed by atoms with Crippen LogP contribution in [-0.2, 0) is 10.3 Å². The molecule has 0 aliphatic heterocycles. The summed E-state index contributed by atoms with van der Waals surface area (Å²) in [6, 6.07) is 4.40. The Morgan fingerprint density at radius 1 is 1.33 bits per heavy atom. The third kappa shape index (κ3) is 2.99. The van der Waals surface area contributed by atoms with Crippen LogP contribution in [-0.4, -0.2) is 31.2 Å². The highest BCUT2D eigenvalue weighted by Gasteiger charge is 2.41. The zero-order valence-electron chi connectivity index (χ0n) is 18.6. The van der Waals surface area contributed by atoms with E-state index in [0.717, 1.165) is 25.7 Å². The summed E-state index contributed by atoms with van der Waals surface area (Å²) in [5.74, 6) is -0.119. The van der Waals surface area contributed by atoms with Crippen molar-refractivity contribution in [1.82, 2.24) is 24.1 Å². The molecule has 1 atom stereocenters. The van der Waals surface area contributed by atoms with Crippen LogP contribution in [0.2, 0.25) is 0 Å². The lowest BCUT2D eigenvalue weighted by molar-refractivity contribution is -0.0342. The molecular weight excluding hydrogens is 427 g/mol. The third-order valence-electron chi connectivity index (χ3n) is 6.77. The van der Waals surface area contributed by atoms with Crippen molar-refractivity contribution in [3.05, 3.63) is 46.1 Å². The molecule has 1 fully saturated rings. The summed E-state index contributed by atoms with van der Waals surface area (Å²) in [5, 5.41) is 13.7. The highest BCUT2D eigenvalue weighted by molar-refractivity contribution is 5.87. The van der Waals surface area contributed by atoms with E-state index in [9.17, 15) is 14.4 Å². The van der Waals surface area contributed by atoms with Gasteiger partial charge in [-0.05, 0) is 51.2 Å². The number of halogens is 1. The van der Waals surface area contributed by atoms with Crippen molar-refractivity contribution in [3.8, 4) is 17.6 Å². The second kappa shape index (κ2) is 7.78. The number of ether oxygens (including phenoxy) is 1. The Labute approximate surface area is 188 Å². The summed E-state index contributed by atoms with van der Waals surface area (Å²) in [5.41, 5.74) is 0.0432. The van der Waals surface area contributed by atoms with E-state index in [1.54, 1.807) is 17.6 Å². The van der Waals surface area contributed by atoms with Crippen molar-refractivity contribution in [2.45, 2.75) is 57.6 Å². The van der Waals surface area contributed by atoms with E-state index < -0.39 is 17.0 Å². The minimum absolute atomic E-state index is 0.174. The van der Waals surface area contributed by atoms with Crippen molar-refractivity contribution in [2.24, 2.45) is 0 Å². The number of rotatable bonds is 5. The second-order valence-corrected chi connectivity index (χ2v) is 8.47. The van der Waals surface area contributed by atoms with Gasteiger partial charge in [-0.15, -0.1) is 0 Å². The van der Waals surface area contributed by atoms with Gasteiger partial charge < -0.3 is 13.8 Å². The first kappa shape index (κ1) is 21.3. The average molecular weight is 450 g/mol. The minimum atomic E-state index is -0.676. The van der Waals surface area contributed by atoms with E-state index in [1.165, 1.54) is 17.0 Å². The third-order valence-corrected chi connectivity index (χ3v) is 6.77. The van der Waals surface area contributed by atoms with Crippen molar-refractivity contribution in [2.75, 3.05) is 7.11 Å². The molecule has 1 saturated carbocycles. The molecule has 5 rings (SSSR count). The summed E-state index contributed by atoms with van der Waals surface area (Å²) in [6.07, 6.45) is 5.64. The van der Waals surface area contributed by atoms with Crippen LogP contribution < -0.4 is 5.56 Å². The molecule has 4 aromatic rings. The van der Waals surface area contributed by atoms with Gasteiger partial charge in [0, 0.05) is 13.2 Å². The summed E-state index contributed by atoms with van der Waals surface area (Å²) in [7, 11) is 1.63. The Balaban J connectivity index is 1.80. The smallest absolute Gasteiger partial charge is 0.278 e. The van der Waals surface area contributed by atoms with Crippen molar-refractivity contribution >= 4 is 16.6 Å². The largest absolute Gasteiger partial charge is 0.368 e. The van der Waals surface area contributed by atoms with Crippen LogP contribution in [0.1, 0.15) is 63.4 Å². The zero-order valence-corrected chi connectivity index (χ0v) is 18.6. The molecule has 10 heteroatoms. The molecule has 0 saturated heterocycles. The molecule has 9 nitrogen and oxygen atoms in total. The van der Waals surface area contributed by atoms with Gasteiger partial charge in [-0.3, -0.25) is 9.20 Å². The molecule has 1 aliphatic carbocycles. The van der Waals surface area contributed by atoms with E-state index in [2.05, 4.69) is 15.1 Å². The first-order chi connectivity index (χ1) is 16.0. The van der Waals surface area contributed by atoms with Crippen LogP contribution in [0.5, 0.6) is 0 Å². The molecule has 33 heavy (non-hydrogen) atoms. The monoisotopic (exact) mass is 450 g/mol. The Bertz CT molecular complexity index is 1470. The quantitative estimate of drug-likeness (QED) is 0.450. The van der Waals surface area contributed by atoms with Crippen LogP contribution in [0.25, 0.3) is 28.1 Å². The normalized spacial score (nSPS) is 16.5. The number of aromatic nitrogens is 5. The molecule has 3 aromatic heterocycles. The molecule has 1 aliphatic rings. The number of fused-ring (bicyclic) bond motifs is 3. The molecule has 3 heterocycles. The van der Waals surface area contributed by atoms with Gasteiger partial charge in [0.15, 0.2) is 0 Å². The molecule has 0 spiro atoms. The molecule has 1 aromatic carbocycles. The predicted octanol–water partition coefficient (Wildman–Crippen LogP) is 4.10. The Morgan fingerprint density at radius 3 is 2.76 bits per heavy atom. The lowest BCUT2D eigenvalue weighted by Crippen LogP contribution is -2.26. The van der Waals surface area contributed by atoms with E-state index in [-0.39, 0.29) is 34.2 Å². The minimum Gasteiger partial charge on any atom is -0.368 e. The van der Waals surface area contributed by atoms with Gasteiger partial charge in [0.2, 0.25) is 5.82 Å². The molecule has 0 bridgehead atoms. The maximum atomic E-state index is 14.5. The van der Waals surface area contributed by atoms with Crippen LogP contribution >= 0.6 is 0 Å². The fourth-order valence-electron chi connectivity index (χ4n) is 4.77. The predicted molar refractivity (Wildman–Crippen MR) is 117 cm³/mol. The van der Waals surface area contributed by atoms with Crippen molar-refractivity contribution in [1.29, 1.82) is 5.26 Å². The summed E-state index contributed by atoms with van der Waals surface area (Å²) >= 11 is 0. The fourth-order valence-corrected chi connectivity index (χ4v) is 4.77. The van der Waals surface area contributed by atoms with Gasteiger partial charge in [-0.25, -0.2) is 9.37 Å². The molecule has 0 radical (unpaired) electrons. The number of methoxy groups -OCH3 is 1. The zero-order chi connectivity index (χ0) is 23.3. The Hall–Kier alpha value is -3.58. The van der Waals surface area contributed by atoms with E-state index in [0.29, 0.717) is 17.8 Å². The van der Waals surface area contributed by atoms with E-state index in [4.69, 9.17) is 9.26 Å². The number of benzene rings is 1. The van der Waals surface area contributed by atoms with Gasteiger partial charge in [0.1, 0.15) is 40.6 Å². The fraction of sp³-hybridized carbons (Fsp3) is 0.435. The Kier molecular flexibility index (Phi) is 5.01. The van der Waals surface area contributed by atoms with Gasteiger partial charge >= 0.3 is 0 Å². The lowest BCUT2D eigenvalue weighted by atomic mass is 10.0. The molecule has 1 unspecified atom stereocenters. The van der Waals surface area contributed by atoms with Crippen molar-refractivity contribution in [3.63, 3.8) is 0 Å². The topological polar surface area (TPSA) is 111 Å². The van der Waals surface area contributed by atoms with Crippen LogP contribution in [0.15, 0.2) is 27.8 Å². The SMILES string of the molecule is CCC(C)n1c(=O)c2c(-c3noc(C4(OC)CCCC4)n3)ncn2c2ccc(F)c(C#N)c21. The van der Waals surface area contributed by atoms with Crippen molar-refractivity contribution < 1.29 is 13.7 Å². The first-order valence-corrected chi connectivity index (χ1v) is 11.0. The summed E-state index contributed by atoms with van der Waals surface area (Å²) < 4.78 is 28.8. The number of nitriles is 1. The highest BCUT2D eigenvalue weighted by Crippen LogP contribution is 2.41. The summed E-state index contributed by atoms with van der Waals surface area (Å²) in [6.45, 7) is 3.78. The van der Waals surface area contributed by atoms with Crippen LogP contribution in [0.4, 0.5) is 4.39 Å². The maximum Gasteiger partial charge on any atom is 0.278 e. The number of imidazole rings is 1. The number of nitrogens with zero attached hydrogens (tertiary/aromatic N) is 6. The maximum absolute atomic E-state index is 14.5. The average Bonchev–Trinajstić information content (AvgIpc) is 3.58. The molecule has 0 amide bonds. The molecule has 170 valence electrons. The van der Waals surface area contributed by atoms with E-state index in [1.807, 2.05) is 19.9 Å². The number of hydrogen-bond acceptors (Lipinski definition) is 7. The lowest BCUT2D eigenvalue weighted by Gasteiger charge is -2.22. The Morgan fingerprint density at radius 2 is 2.09 bits per heavy atom. The first-order valence-electron chi connectivity index (χ1n) is 11.0. The van der Waals surface area contributed by atoms with Gasteiger partial charge in [0.05, 0.1) is 11.0 Å². The standard InChI is InChI=1S/C23H23FN6O3/c1-4-13(2)30-18-14(11-25)15(24)7-8-16(18)29-12-26-17(19(29)21(30)31)20-27-22(33-28-20)23(32-3)9-5-6-10-23/h7-8,12-13H,4-6,9-10H2,1-3H3. The molecule has 0 N–H and O–H groups in total. The van der Waals surface area contributed by atoms with Gasteiger partial charge in [-0.2, -0.15) is 10.2 Å². The van der Waals surface area contributed by atoms with Gasteiger partial charge in [-0.1, -0.05) is 12.1 Å².